The van der Waals surface area contributed by atoms with E-state index >= 15 is 0 Å². The largest absolute Gasteiger partial charge is 0.330 e. The number of nitrogens with zero attached hydrogens (tertiary/aromatic N) is 2. The number of imidazole rings is 1. The molecule has 88 valence electrons. The molecular weight excluding hydrogens is 196 g/mol. The molecule has 0 N–H and O–H groups in total. The summed E-state index contributed by atoms with van der Waals surface area (Å²) in [5, 5.41) is 0. The van der Waals surface area contributed by atoms with Gasteiger partial charge in [0.05, 0.1) is 12.4 Å². The molecule has 0 radical (unpaired) electrons. The molecule has 1 unspecified atom stereocenters. The lowest BCUT2D eigenvalue weighted by molar-refractivity contribution is 0.365. The van der Waals surface area contributed by atoms with E-state index < -0.39 is 0 Å². The predicted molar refractivity (Wildman–Crippen MR) is 68.3 cm³/mol. The molecule has 0 saturated carbocycles. The van der Waals surface area contributed by atoms with Crippen LogP contribution in [0.4, 0.5) is 0 Å². The molecule has 1 rings (SSSR count). The van der Waals surface area contributed by atoms with E-state index in [0.717, 1.165) is 6.42 Å². The molecular formula is C14H22N2. The molecule has 1 atom stereocenters. The number of rotatable bonds is 6. The Morgan fingerprint density at radius 1 is 1.31 bits per heavy atom. The van der Waals surface area contributed by atoms with Crippen molar-refractivity contribution in [1.82, 2.24) is 9.55 Å². The van der Waals surface area contributed by atoms with Gasteiger partial charge in [-0.2, -0.15) is 0 Å². The first-order valence-corrected chi connectivity index (χ1v) is 6.21. The minimum Gasteiger partial charge on any atom is -0.330 e. The van der Waals surface area contributed by atoms with Gasteiger partial charge in [-0.1, -0.05) is 33.6 Å². The summed E-state index contributed by atoms with van der Waals surface area (Å²) in [5.74, 6) is 0.659. The van der Waals surface area contributed by atoms with Crippen molar-refractivity contribution >= 4 is 0 Å². The van der Waals surface area contributed by atoms with E-state index in [1.54, 1.807) is 0 Å². The molecule has 0 fully saturated rings. The summed E-state index contributed by atoms with van der Waals surface area (Å²) in [5.41, 5.74) is 3.27. The molecule has 0 amide bonds. The lowest BCUT2D eigenvalue weighted by atomic mass is 9.94. The molecule has 2 heteroatoms. The second-order valence-electron chi connectivity index (χ2n) is 4.02. The predicted octanol–water partition coefficient (Wildman–Crippen LogP) is 3.98. The fourth-order valence-electron chi connectivity index (χ4n) is 1.97. The summed E-state index contributed by atoms with van der Waals surface area (Å²) in [6.07, 6.45) is 13.4. The average molecular weight is 218 g/mol. The Morgan fingerprint density at radius 2 is 2.06 bits per heavy atom. The maximum Gasteiger partial charge on any atom is 0.0951 e. The highest BCUT2D eigenvalue weighted by atomic mass is 15.0. The molecule has 2 nitrogen and oxygen atoms in total. The molecule has 1 aromatic rings. The molecule has 0 saturated heterocycles. The molecule has 1 aromatic heterocycles. The van der Waals surface area contributed by atoms with E-state index in [2.05, 4.69) is 48.2 Å². The Morgan fingerprint density at radius 3 is 2.56 bits per heavy atom. The standard InChI is InChI=1S/C14H22N2/c1-4-7-8-9-14(13(5-2)6-3)16-11-10-15-12-16/h7,9-14H,4-6H2,1-3H3. The number of hydrogen-bond donors (Lipinski definition) is 0. The van der Waals surface area contributed by atoms with E-state index in [1.807, 2.05) is 18.7 Å². The van der Waals surface area contributed by atoms with Crippen LogP contribution in [0, 0.1) is 5.92 Å². The van der Waals surface area contributed by atoms with Crippen molar-refractivity contribution in [2.75, 3.05) is 0 Å². The first-order valence-electron chi connectivity index (χ1n) is 6.21. The normalized spacial score (nSPS) is 12.2. The highest BCUT2D eigenvalue weighted by Gasteiger charge is 2.16. The maximum absolute atomic E-state index is 4.13. The van der Waals surface area contributed by atoms with Gasteiger partial charge >= 0.3 is 0 Å². The van der Waals surface area contributed by atoms with Gasteiger partial charge in [0.1, 0.15) is 0 Å². The third-order valence-corrected chi connectivity index (χ3v) is 2.99. The van der Waals surface area contributed by atoms with E-state index in [0.29, 0.717) is 12.0 Å². The summed E-state index contributed by atoms with van der Waals surface area (Å²) < 4.78 is 2.17. The Hall–Kier alpha value is -1.27. The van der Waals surface area contributed by atoms with E-state index in [4.69, 9.17) is 0 Å². The Bertz CT molecular complexity index is 328. The highest BCUT2D eigenvalue weighted by molar-refractivity contribution is 4.97. The second kappa shape index (κ2) is 7.08. The molecule has 0 bridgehead atoms. The van der Waals surface area contributed by atoms with Crippen LogP contribution in [-0.4, -0.2) is 9.55 Å². The Kier molecular flexibility index (Phi) is 5.66. The van der Waals surface area contributed by atoms with Crippen LogP contribution >= 0.6 is 0 Å². The van der Waals surface area contributed by atoms with Crippen LogP contribution in [0.5, 0.6) is 0 Å². The lowest BCUT2D eigenvalue weighted by Crippen LogP contribution is -2.15. The maximum atomic E-state index is 4.13. The quantitative estimate of drug-likeness (QED) is 0.660. The zero-order valence-corrected chi connectivity index (χ0v) is 10.6. The minimum atomic E-state index is 0.389. The van der Waals surface area contributed by atoms with Crippen LogP contribution < -0.4 is 0 Å². The van der Waals surface area contributed by atoms with Gasteiger partial charge in [-0.05, 0) is 24.5 Å². The topological polar surface area (TPSA) is 17.8 Å². The SMILES string of the molecule is CCC=C=CC(C(CC)CC)n1ccnc1. The molecule has 16 heavy (non-hydrogen) atoms. The average Bonchev–Trinajstić information content (AvgIpc) is 2.82. The monoisotopic (exact) mass is 218 g/mol. The Labute approximate surface area is 98.7 Å². The van der Waals surface area contributed by atoms with Crippen molar-refractivity contribution in [3.05, 3.63) is 36.6 Å². The van der Waals surface area contributed by atoms with Gasteiger partial charge < -0.3 is 4.57 Å². The zero-order valence-electron chi connectivity index (χ0n) is 10.6. The van der Waals surface area contributed by atoms with Crippen LogP contribution in [0.25, 0.3) is 0 Å². The van der Waals surface area contributed by atoms with Gasteiger partial charge in [0.2, 0.25) is 0 Å². The van der Waals surface area contributed by atoms with Crippen molar-refractivity contribution in [2.45, 2.75) is 46.1 Å². The van der Waals surface area contributed by atoms with E-state index in [-0.39, 0.29) is 0 Å². The minimum absolute atomic E-state index is 0.389. The fraction of sp³-hybridized carbons (Fsp3) is 0.571. The van der Waals surface area contributed by atoms with E-state index in [9.17, 15) is 0 Å². The Balaban J connectivity index is 2.89. The molecule has 0 aliphatic heterocycles. The smallest absolute Gasteiger partial charge is 0.0951 e. The first kappa shape index (κ1) is 12.8. The summed E-state index contributed by atoms with van der Waals surface area (Å²) in [6, 6.07) is 0.389. The van der Waals surface area contributed by atoms with Crippen LogP contribution in [0.1, 0.15) is 46.1 Å². The van der Waals surface area contributed by atoms with Crippen molar-refractivity contribution in [2.24, 2.45) is 5.92 Å². The van der Waals surface area contributed by atoms with Gasteiger partial charge in [0, 0.05) is 12.4 Å². The fourth-order valence-corrected chi connectivity index (χ4v) is 1.97. The third kappa shape index (κ3) is 3.39. The summed E-state index contributed by atoms with van der Waals surface area (Å²) in [4.78, 5) is 4.13. The first-order chi connectivity index (χ1) is 7.83. The number of aromatic nitrogens is 2. The van der Waals surface area contributed by atoms with Crippen LogP contribution in [0.15, 0.2) is 36.6 Å². The third-order valence-electron chi connectivity index (χ3n) is 2.99. The number of hydrogen-bond acceptors (Lipinski definition) is 1. The second-order valence-corrected chi connectivity index (χ2v) is 4.02. The number of allylic oxidation sites excluding steroid dienone is 1. The van der Waals surface area contributed by atoms with Crippen molar-refractivity contribution < 1.29 is 0 Å². The van der Waals surface area contributed by atoms with E-state index in [1.165, 1.54) is 12.8 Å². The van der Waals surface area contributed by atoms with Crippen LogP contribution in [0.2, 0.25) is 0 Å². The highest BCUT2D eigenvalue weighted by Crippen LogP contribution is 2.25. The molecule has 0 aliphatic carbocycles. The zero-order chi connectivity index (χ0) is 11.8. The van der Waals surface area contributed by atoms with Crippen LogP contribution in [-0.2, 0) is 0 Å². The molecule has 0 spiro atoms. The van der Waals surface area contributed by atoms with Crippen molar-refractivity contribution in [3.63, 3.8) is 0 Å². The summed E-state index contributed by atoms with van der Waals surface area (Å²) >= 11 is 0. The van der Waals surface area contributed by atoms with Gasteiger partial charge in [0.15, 0.2) is 0 Å². The van der Waals surface area contributed by atoms with Gasteiger partial charge in [0.25, 0.3) is 0 Å². The van der Waals surface area contributed by atoms with Crippen LogP contribution in [0.3, 0.4) is 0 Å². The van der Waals surface area contributed by atoms with Gasteiger partial charge in [-0.3, -0.25) is 0 Å². The van der Waals surface area contributed by atoms with Crippen molar-refractivity contribution in [1.29, 1.82) is 0 Å². The summed E-state index contributed by atoms with van der Waals surface area (Å²) in [7, 11) is 0. The molecule has 0 aliphatic rings. The summed E-state index contributed by atoms with van der Waals surface area (Å²) in [6.45, 7) is 6.62. The van der Waals surface area contributed by atoms with Gasteiger partial charge in [-0.15, -0.1) is 5.73 Å². The molecule has 1 heterocycles. The van der Waals surface area contributed by atoms with Gasteiger partial charge in [-0.25, -0.2) is 4.98 Å². The van der Waals surface area contributed by atoms with Crippen molar-refractivity contribution in [3.8, 4) is 0 Å². The lowest BCUT2D eigenvalue weighted by Gasteiger charge is -2.22. The molecule has 0 aromatic carbocycles.